The molecule has 0 aromatic heterocycles. The lowest BCUT2D eigenvalue weighted by Gasteiger charge is -2.10. The lowest BCUT2D eigenvalue weighted by atomic mass is 9.96. The number of hydrogen-bond donors (Lipinski definition) is 0. The molecule has 1 radical (unpaired) electrons. The summed E-state index contributed by atoms with van der Waals surface area (Å²) in [5, 5.41) is 0. The summed E-state index contributed by atoms with van der Waals surface area (Å²) in [5.41, 5.74) is 2.22. The van der Waals surface area contributed by atoms with Gasteiger partial charge in [0.2, 0.25) is 0 Å². The van der Waals surface area contributed by atoms with Crippen molar-refractivity contribution in [3.05, 3.63) is 42.1 Å². The van der Waals surface area contributed by atoms with Crippen LogP contribution in [0.25, 0.3) is 0 Å². The molecule has 0 fully saturated rings. The molecule has 12 heavy (non-hydrogen) atoms. The molecule has 1 unspecified atom stereocenters. The number of benzene rings is 1. The van der Waals surface area contributed by atoms with Gasteiger partial charge in [0, 0.05) is 0 Å². The first-order valence-electron chi connectivity index (χ1n) is 4.26. The molecule has 0 aliphatic heterocycles. The largest absolute Gasteiger partial charge is 0.207 e. The van der Waals surface area contributed by atoms with E-state index in [1.807, 2.05) is 13.0 Å². The van der Waals surface area contributed by atoms with Crippen molar-refractivity contribution in [2.75, 3.05) is 0 Å². The maximum absolute atomic E-state index is 12.8. The fourth-order valence-electron chi connectivity index (χ4n) is 1.35. The predicted molar refractivity (Wildman–Crippen MR) is 49.6 cm³/mol. The van der Waals surface area contributed by atoms with Gasteiger partial charge in [-0.25, -0.2) is 4.39 Å². The summed E-state index contributed by atoms with van der Waals surface area (Å²) >= 11 is 0. The summed E-state index contributed by atoms with van der Waals surface area (Å²) in [6, 6.07) is 4.92. The predicted octanol–water partition coefficient (Wildman–Crippen LogP) is 3.33. The molecule has 0 aliphatic carbocycles. The van der Waals surface area contributed by atoms with Gasteiger partial charge >= 0.3 is 0 Å². The molecule has 0 saturated heterocycles. The highest BCUT2D eigenvalue weighted by molar-refractivity contribution is 5.31. The minimum absolute atomic E-state index is 0.163. The highest BCUT2D eigenvalue weighted by Crippen LogP contribution is 2.20. The van der Waals surface area contributed by atoms with E-state index < -0.39 is 0 Å². The summed E-state index contributed by atoms with van der Waals surface area (Å²) in [5.74, 6) is -0.00616. The summed E-state index contributed by atoms with van der Waals surface area (Å²) in [6.07, 6.45) is 0.940. The maximum atomic E-state index is 12.8. The van der Waals surface area contributed by atoms with E-state index in [0.717, 1.165) is 12.0 Å². The molecule has 0 saturated carbocycles. The third-order valence-electron chi connectivity index (χ3n) is 2.02. The Bertz CT molecular complexity index is 264. The van der Waals surface area contributed by atoms with Crippen molar-refractivity contribution < 1.29 is 4.39 Å². The first kappa shape index (κ1) is 9.24. The average molecular weight is 165 g/mol. The Labute approximate surface area is 73.4 Å². The van der Waals surface area contributed by atoms with Crippen LogP contribution in [0, 0.1) is 12.7 Å². The molecule has 0 heterocycles. The second-order valence-corrected chi connectivity index (χ2v) is 3.10. The van der Waals surface area contributed by atoms with E-state index in [4.69, 9.17) is 0 Å². The van der Waals surface area contributed by atoms with Crippen molar-refractivity contribution in [3.63, 3.8) is 0 Å². The fourth-order valence-corrected chi connectivity index (χ4v) is 1.35. The molecule has 0 bridgehead atoms. The van der Waals surface area contributed by atoms with Crippen molar-refractivity contribution in [3.8, 4) is 0 Å². The normalized spacial score (nSPS) is 10.8. The Morgan fingerprint density at radius 2 is 2.17 bits per heavy atom. The molecule has 1 rings (SSSR count). The average Bonchev–Trinajstić information content (AvgIpc) is 2.04. The number of rotatable bonds is 2. The molecule has 1 atom stereocenters. The Morgan fingerprint density at radius 3 is 2.67 bits per heavy atom. The lowest BCUT2D eigenvalue weighted by molar-refractivity contribution is 0.623. The zero-order chi connectivity index (χ0) is 9.14. The van der Waals surface area contributed by atoms with Gasteiger partial charge in [0.25, 0.3) is 0 Å². The molecule has 0 spiro atoms. The molecule has 1 heteroatoms. The third-order valence-corrected chi connectivity index (χ3v) is 2.02. The Balaban J connectivity index is 3.12. The van der Waals surface area contributed by atoms with Gasteiger partial charge in [0.05, 0.1) is 0 Å². The maximum Gasteiger partial charge on any atom is 0.123 e. The van der Waals surface area contributed by atoms with Crippen LogP contribution in [-0.4, -0.2) is 0 Å². The Morgan fingerprint density at radius 1 is 1.50 bits per heavy atom. The van der Waals surface area contributed by atoms with Crippen LogP contribution in [0.3, 0.4) is 0 Å². The molecular formula is C11H14F. The van der Waals surface area contributed by atoms with Crippen LogP contribution in [0.2, 0.25) is 0 Å². The molecule has 0 aliphatic rings. The summed E-state index contributed by atoms with van der Waals surface area (Å²) in [4.78, 5) is 0. The van der Waals surface area contributed by atoms with Gasteiger partial charge in [0.1, 0.15) is 5.82 Å². The second kappa shape index (κ2) is 3.70. The quantitative estimate of drug-likeness (QED) is 0.630. The van der Waals surface area contributed by atoms with E-state index >= 15 is 0 Å². The van der Waals surface area contributed by atoms with Crippen molar-refractivity contribution in [2.45, 2.75) is 26.2 Å². The minimum Gasteiger partial charge on any atom is -0.207 e. The van der Waals surface area contributed by atoms with Gasteiger partial charge in [-0.2, -0.15) is 0 Å². The van der Waals surface area contributed by atoms with Crippen LogP contribution < -0.4 is 0 Å². The van der Waals surface area contributed by atoms with Crippen LogP contribution >= 0.6 is 0 Å². The number of hydrogen-bond acceptors (Lipinski definition) is 0. The van der Waals surface area contributed by atoms with Crippen LogP contribution in [-0.2, 0) is 6.42 Å². The van der Waals surface area contributed by atoms with Crippen LogP contribution in [0.1, 0.15) is 30.9 Å². The van der Waals surface area contributed by atoms with E-state index in [1.54, 1.807) is 6.07 Å². The molecular weight excluding hydrogens is 151 g/mol. The van der Waals surface area contributed by atoms with Gasteiger partial charge in [-0.05, 0) is 42.5 Å². The first-order chi connectivity index (χ1) is 5.65. The Hall–Kier alpha value is -0.850. The second-order valence-electron chi connectivity index (χ2n) is 3.10. The van der Waals surface area contributed by atoms with E-state index in [2.05, 4.69) is 13.8 Å². The van der Waals surface area contributed by atoms with Gasteiger partial charge < -0.3 is 0 Å². The van der Waals surface area contributed by atoms with Crippen molar-refractivity contribution >= 4 is 0 Å². The van der Waals surface area contributed by atoms with E-state index in [0.29, 0.717) is 0 Å². The standard InChI is InChI=1S/C11H14F/c1-4-9-5-6-10(12)7-11(9)8(2)3/h5-8H,2,4H2,1,3H3. The molecule has 1 aromatic carbocycles. The molecule has 65 valence electrons. The fraction of sp³-hybridized carbons (Fsp3) is 0.364. The van der Waals surface area contributed by atoms with E-state index in [1.165, 1.54) is 11.6 Å². The lowest BCUT2D eigenvalue weighted by Crippen LogP contribution is -1.95. The van der Waals surface area contributed by atoms with E-state index in [9.17, 15) is 4.39 Å². The third kappa shape index (κ3) is 1.84. The van der Waals surface area contributed by atoms with Crippen molar-refractivity contribution in [1.29, 1.82) is 0 Å². The molecule has 1 aromatic rings. The highest BCUT2D eigenvalue weighted by atomic mass is 19.1. The summed E-state index contributed by atoms with van der Waals surface area (Å²) < 4.78 is 12.8. The number of aryl methyl sites for hydroxylation is 1. The zero-order valence-corrected chi connectivity index (χ0v) is 7.60. The molecule has 0 nitrogen and oxygen atoms in total. The van der Waals surface area contributed by atoms with Crippen molar-refractivity contribution in [1.82, 2.24) is 0 Å². The topological polar surface area (TPSA) is 0 Å². The van der Waals surface area contributed by atoms with Gasteiger partial charge in [-0.1, -0.05) is 19.9 Å². The monoisotopic (exact) mass is 165 g/mol. The minimum atomic E-state index is -0.169. The van der Waals surface area contributed by atoms with Gasteiger partial charge in [-0.3, -0.25) is 0 Å². The van der Waals surface area contributed by atoms with E-state index in [-0.39, 0.29) is 11.7 Å². The number of halogens is 1. The highest BCUT2D eigenvalue weighted by Gasteiger charge is 2.05. The zero-order valence-electron chi connectivity index (χ0n) is 7.60. The molecule has 0 N–H and O–H groups in total. The van der Waals surface area contributed by atoms with Gasteiger partial charge in [0.15, 0.2) is 0 Å². The van der Waals surface area contributed by atoms with Crippen molar-refractivity contribution in [2.24, 2.45) is 0 Å². The van der Waals surface area contributed by atoms with Crippen LogP contribution in [0.4, 0.5) is 4.39 Å². The SMILES string of the molecule is [CH2]C(C)c1cc(F)ccc1CC. The summed E-state index contributed by atoms with van der Waals surface area (Å²) in [7, 11) is 0. The first-order valence-corrected chi connectivity index (χ1v) is 4.26. The van der Waals surface area contributed by atoms with Crippen LogP contribution in [0.5, 0.6) is 0 Å². The van der Waals surface area contributed by atoms with Gasteiger partial charge in [-0.15, -0.1) is 0 Å². The molecule has 0 amide bonds. The smallest absolute Gasteiger partial charge is 0.123 e. The Kier molecular flexibility index (Phi) is 2.85. The van der Waals surface area contributed by atoms with Crippen LogP contribution in [0.15, 0.2) is 18.2 Å². The summed E-state index contributed by atoms with van der Waals surface area (Å²) in [6.45, 7) is 7.94.